The van der Waals surface area contributed by atoms with Crippen LogP contribution in [-0.2, 0) is 16.1 Å². The van der Waals surface area contributed by atoms with Crippen LogP contribution in [0.1, 0.15) is 13.3 Å². The quantitative estimate of drug-likeness (QED) is 0.725. The molecule has 0 aromatic carbocycles. The van der Waals surface area contributed by atoms with Crippen molar-refractivity contribution in [3.05, 3.63) is 6.33 Å². The standard InChI is InChI=1S/C9H13N5O3/c1-9(8(16)17)2-3-13(5-9)7(15)4-14-6-10-11-12-14/h6H,2-5H2,1H3,(H,16,17). The fourth-order valence-electron chi connectivity index (χ4n) is 1.84. The van der Waals surface area contributed by atoms with Crippen molar-refractivity contribution in [1.29, 1.82) is 0 Å². The molecule has 1 aliphatic rings. The van der Waals surface area contributed by atoms with Crippen LogP contribution in [0.15, 0.2) is 6.33 Å². The van der Waals surface area contributed by atoms with E-state index in [1.165, 1.54) is 15.9 Å². The molecule has 92 valence electrons. The van der Waals surface area contributed by atoms with Crippen LogP contribution < -0.4 is 0 Å². The maximum atomic E-state index is 11.8. The number of aromatic nitrogens is 4. The Bertz CT molecular complexity index is 432. The second-order valence-electron chi connectivity index (χ2n) is 4.44. The van der Waals surface area contributed by atoms with Gasteiger partial charge in [0.25, 0.3) is 0 Å². The van der Waals surface area contributed by atoms with Crippen molar-refractivity contribution in [2.24, 2.45) is 5.41 Å². The lowest BCUT2D eigenvalue weighted by atomic mass is 9.90. The van der Waals surface area contributed by atoms with Crippen molar-refractivity contribution in [1.82, 2.24) is 25.1 Å². The Labute approximate surface area is 97.2 Å². The smallest absolute Gasteiger partial charge is 0.311 e. The van der Waals surface area contributed by atoms with Gasteiger partial charge in [-0.15, -0.1) is 5.10 Å². The Balaban J connectivity index is 1.97. The molecule has 1 amide bonds. The molecule has 0 aliphatic carbocycles. The van der Waals surface area contributed by atoms with Gasteiger partial charge in [0.15, 0.2) is 0 Å². The Morgan fingerprint density at radius 2 is 2.29 bits per heavy atom. The van der Waals surface area contributed by atoms with Crippen LogP contribution in [0.2, 0.25) is 0 Å². The molecular weight excluding hydrogens is 226 g/mol. The molecule has 1 fully saturated rings. The topological polar surface area (TPSA) is 101 Å². The van der Waals surface area contributed by atoms with E-state index in [1.54, 1.807) is 6.92 Å². The molecule has 0 spiro atoms. The molecule has 0 saturated carbocycles. The number of amides is 1. The van der Waals surface area contributed by atoms with Crippen molar-refractivity contribution in [2.45, 2.75) is 19.9 Å². The van der Waals surface area contributed by atoms with Crippen LogP contribution >= 0.6 is 0 Å². The van der Waals surface area contributed by atoms with Crippen LogP contribution in [0.3, 0.4) is 0 Å². The van der Waals surface area contributed by atoms with Crippen LogP contribution in [0.25, 0.3) is 0 Å². The van der Waals surface area contributed by atoms with Gasteiger partial charge in [-0.3, -0.25) is 9.59 Å². The number of hydrogen-bond acceptors (Lipinski definition) is 5. The second-order valence-corrected chi connectivity index (χ2v) is 4.44. The zero-order valence-corrected chi connectivity index (χ0v) is 9.41. The molecule has 1 aromatic heterocycles. The zero-order chi connectivity index (χ0) is 12.5. The van der Waals surface area contributed by atoms with E-state index in [0.717, 1.165) is 0 Å². The number of hydrogen-bond donors (Lipinski definition) is 1. The number of aliphatic carboxylic acids is 1. The number of rotatable bonds is 3. The van der Waals surface area contributed by atoms with Gasteiger partial charge < -0.3 is 10.0 Å². The normalized spacial score (nSPS) is 23.9. The SMILES string of the molecule is CC1(C(=O)O)CCN(C(=O)Cn2cnnn2)C1. The highest BCUT2D eigenvalue weighted by Crippen LogP contribution is 2.30. The van der Waals surface area contributed by atoms with Gasteiger partial charge in [0.05, 0.1) is 5.41 Å². The fraction of sp³-hybridized carbons (Fsp3) is 0.667. The predicted molar refractivity (Wildman–Crippen MR) is 54.8 cm³/mol. The highest BCUT2D eigenvalue weighted by atomic mass is 16.4. The Kier molecular flexibility index (Phi) is 2.78. The molecule has 2 heterocycles. The molecule has 1 atom stereocenters. The summed E-state index contributed by atoms with van der Waals surface area (Å²) in [5.74, 6) is -1.03. The summed E-state index contributed by atoms with van der Waals surface area (Å²) in [5.41, 5.74) is -0.837. The van der Waals surface area contributed by atoms with Gasteiger partial charge in [-0.2, -0.15) is 0 Å². The minimum atomic E-state index is -0.866. The predicted octanol–water partition coefficient (Wildman–Crippen LogP) is -1.00. The lowest BCUT2D eigenvalue weighted by Crippen LogP contribution is -2.36. The lowest BCUT2D eigenvalue weighted by Gasteiger charge is -2.19. The van der Waals surface area contributed by atoms with E-state index < -0.39 is 11.4 Å². The summed E-state index contributed by atoms with van der Waals surface area (Å²) in [6.07, 6.45) is 1.83. The molecule has 1 aliphatic heterocycles. The number of likely N-dealkylation sites (tertiary alicyclic amines) is 1. The molecule has 1 saturated heterocycles. The maximum absolute atomic E-state index is 11.8. The highest BCUT2D eigenvalue weighted by molar-refractivity contribution is 5.80. The van der Waals surface area contributed by atoms with E-state index in [1.807, 2.05) is 0 Å². The third-order valence-corrected chi connectivity index (χ3v) is 3.03. The molecule has 0 bridgehead atoms. The number of carboxylic acid groups (broad SMARTS) is 1. The van der Waals surface area contributed by atoms with Gasteiger partial charge in [0.1, 0.15) is 12.9 Å². The summed E-state index contributed by atoms with van der Waals surface area (Å²) < 4.78 is 1.32. The minimum absolute atomic E-state index is 0.0443. The summed E-state index contributed by atoms with van der Waals surface area (Å²) in [6, 6.07) is 0. The van der Waals surface area contributed by atoms with Crippen LogP contribution in [0.5, 0.6) is 0 Å². The van der Waals surface area contributed by atoms with Crippen LogP contribution in [0, 0.1) is 5.41 Å². The van der Waals surface area contributed by atoms with Gasteiger partial charge in [0.2, 0.25) is 5.91 Å². The van der Waals surface area contributed by atoms with E-state index in [4.69, 9.17) is 5.11 Å². The second kappa shape index (κ2) is 4.11. The summed E-state index contributed by atoms with van der Waals surface area (Å²) >= 11 is 0. The van der Waals surface area contributed by atoms with Gasteiger partial charge in [-0.1, -0.05) is 0 Å². The van der Waals surface area contributed by atoms with Crippen molar-refractivity contribution < 1.29 is 14.7 Å². The van der Waals surface area contributed by atoms with Crippen molar-refractivity contribution in [2.75, 3.05) is 13.1 Å². The minimum Gasteiger partial charge on any atom is -0.481 e. The molecule has 2 rings (SSSR count). The molecule has 1 N–H and O–H groups in total. The molecule has 8 heteroatoms. The zero-order valence-electron chi connectivity index (χ0n) is 9.41. The van der Waals surface area contributed by atoms with E-state index in [-0.39, 0.29) is 19.0 Å². The first-order valence-electron chi connectivity index (χ1n) is 5.23. The van der Waals surface area contributed by atoms with E-state index in [9.17, 15) is 9.59 Å². The molecule has 0 radical (unpaired) electrons. The molecule has 17 heavy (non-hydrogen) atoms. The van der Waals surface area contributed by atoms with Crippen molar-refractivity contribution in [3.8, 4) is 0 Å². The molecule has 8 nitrogen and oxygen atoms in total. The Morgan fingerprint density at radius 1 is 1.53 bits per heavy atom. The average Bonchev–Trinajstić information content (AvgIpc) is 2.88. The van der Waals surface area contributed by atoms with Gasteiger partial charge in [-0.05, 0) is 23.8 Å². The number of carbonyl (C=O) groups excluding carboxylic acids is 1. The van der Waals surface area contributed by atoms with Gasteiger partial charge in [-0.25, -0.2) is 4.68 Å². The Hall–Kier alpha value is -1.99. The van der Waals surface area contributed by atoms with E-state index in [0.29, 0.717) is 13.0 Å². The average molecular weight is 239 g/mol. The van der Waals surface area contributed by atoms with Crippen molar-refractivity contribution in [3.63, 3.8) is 0 Å². The Morgan fingerprint density at radius 3 is 2.82 bits per heavy atom. The highest BCUT2D eigenvalue weighted by Gasteiger charge is 2.42. The molecule has 1 unspecified atom stereocenters. The van der Waals surface area contributed by atoms with Crippen LogP contribution in [-0.4, -0.2) is 55.2 Å². The monoisotopic (exact) mass is 239 g/mol. The molecular formula is C9H13N5O3. The first-order valence-corrected chi connectivity index (χ1v) is 5.23. The number of carbonyl (C=O) groups is 2. The number of nitrogens with zero attached hydrogens (tertiary/aromatic N) is 5. The summed E-state index contributed by atoms with van der Waals surface area (Å²) in [7, 11) is 0. The summed E-state index contributed by atoms with van der Waals surface area (Å²) in [6.45, 7) is 2.40. The number of carboxylic acids is 1. The van der Waals surface area contributed by atoms with Crippen molar-refractivity contribution >= 4 is 11.9 Å². The van der Waals surface area contributed by atoms with Gasteiger partial charge >= 0.3 is 5.97 Å². The fourth-order valence-corrected chi connectivity index (χ4v) is 1.84. The first-order chi connectivity index (χ1) is 8.01. The summed E-state index contributed by atoms with van der Waals surface area (Å²) in [5, 5.41) is 19.5. The summed E-state index contributed by atoms with van der Waals surface area (Å²) in [4.78, 5) is 24.4. The van der Waals surface area contributed by atoms with E-state index >= 15 is 0 Å². The van der Waals surface area contributed by atoms with E-state index in [2.05, 4.69) is 15.5 Å². The molecule has 1 aromatic rings. The lowest BCUT2D eigenvalue weighted by molar-refractivity contribution is -0.147. The first kappa shape index (κ1) is 11.5. The maximum Gasteiger partial charge on any atom is 0.311 e. The number of tetrazole rings is 1. The third kappa shape index (κ3) is 2.24. The van der Waals surface area contributed by atoms with Crippen LogP contribution in [0.4, 0.5) is 0 Å². The third-order valence-electron chi connectivity index (χ3n) is 3.03. The van der Waals surface area contributed by atoms with Gasteiger partial charge in [0, 0.05) is 13.1 Å². The largest absolute Gasteiger partial charge is 0.481 e.